The molecule has 1 rings (SSSR count). The highest BCUT2D eigenvalue weighted by Gasteiger charge is 2.11. The van der Waals surface area contributed by atoms with Crippen molar-refractivity contribution >= 4 is 11.6 Å². The van der Waals surface area contributed by atoms with E-state index in [0.717, 1.165) is 4.57 Å². The lowest BCUT2D eigenvalue weighted by atomic mass is 10.4. The Morgan fingerprint density at radius 2 is 2.22 bits per heavy atom. The van der Waals surface area contributed by atoms with E-state index in [0.29, 0.717) is 6.54 Å². The molecule has 0 aliphatic rings. The first-order chi connectivity index (χ1) is 8.51. The molecule has 18 heavy (non-hydrogen) atoms. The lowest BCUT2D eigenvalue weighted by Gasteiger charge is -2.09. The van der Waals surface area contributed by atoms with Gasteiger partial charge in [0.25, 0.3) is 5.56 Å². The monoisotopic (exact) mass is 251 g/mol. The molecule has 0 fully saturated rings. The van der Waals surface area contributed by atoms with Crippen LogP contribution in [0.2, 0.25) is 0 Å². The second kappa shape index (κ2) is 5.67. The van der Waals surface area contributed by atoms with Gasteiger partial charge in [0.15, 0.2) is 0 Å². The van der Waals surface area contributed by atoms with E-state index >= 15 is 0 Å². The minimum absolute atomic E-state index is 0.107. The van der Waals surface area contributed by atoms with Gasteiger partial charge in [-0.15, -0.1) is 0 Å². The number of nitrogens with zero attached hydrogens (tertiary/aromatic N) is 3. The fraction of sp³-hybridized carbons (Fsp3) is 0.400. The highest BCUT2D eigenvalue weighted by atomic mass is 16.2. The molecule has 1 heterocycles. The Bertz CT molecular complexity index is 607. The van der Waals surface area contributed by atoms with Crippen LogP contribution in [0.25, 0.3) is 0 Å². The zero-order valence-electron chi connectivity index (χ0n) is 9.84. The van der Waals surface area contributed by atoms with E-state index in [4.69, 9.17) is 11.0 Å². The largest absolute Gasteiger partial charge is 0.393 e. The highest BCUT2D eigenvalue weighted by molar-refractivity contribution is 5.75. The van der Waals surface area contributed by atoms with E-state index < -0.39 is 23.7 Å². The first-order valence-electron chi connectivity index (χ1n) is 5.24. The Morgan fingerprint density at radius 3 is 2.78 bits per heavy atom. The van der Waals surface area contributed by atoms with Gasteiger partial charge in [-0.05, 0) is 6.92 Å². The number of nitrogens with one attached hydrogen (secondary N) is 1. The van der Waals surface area contributed by atoms with Crippen LogP contribution in [0.1, 0.15) is 6.92 Å². The number of carbonyl (C=O) groups is 1. The molecule has 0 aliphatic carbocycles. The smallest absolute Gasteiger partial charge is 0.331 e. The van der Waals surface area contributed by atoms with Crippen LogP contribution in [0.4, 0.5) is 5.69 Å². The molecular weight excluding hydrogens is 238 g/mol. The average molecular weight is 251 g/mol. The maximum absolute atomic E-state index is 11.8. The van der Waals surface area contributed by atoms with E-state index in [2.05, 4.69) is 5.32 Å². The third kappa shape index (κ3) is 2.76. The quantitative estimate of drug-likeness (QED) is 0.614. The van der Waals surface area contributed by atoms with Crippen molar-refractivity contribution in [3.63, 3.8) is 0 Å². The van der Waals surface area contributed by atoms with E-state index in [-0.39, 0.29) is 12.2 Å². The number of nitrogens with two attached hydrogens (primary N) is 1. The third-order valence-corrected chi connectivity index (χ3v) is 2.27. The summed E-state index contributed by atoms with van der Waals surface area (Å²) in [6, 6.07) is 1.72. The van der Waals surface area contributed by atoms with Crippen molar-refractivity contribution in [2.45, 2.75) is 20.0 Å². The van der Waals surface area contributed by atoms with Gasteiger partial charge in [0, 0.05) is 12.7 Å². The standard InChI is InChI=1S/C10H13N5O3/c1-2-14-5-7(12)9(17)15(10(14)18)6-8(16)13-4-3-11/h5H,2,4,6,12H2,1H3,(H,13,16). The van der Waals surface area contributed by atoms with Gasteiger partial charge in [0.1, 0.15) is 18.8 Å². The van der Waals surface area contributed by atoms with Crippen LogP contribution in [-0.2, 0) is 17.9 Å². The molecule has 0 unspecified atom stereocenters. The average Bonchev–Trinajstić information content (AvgIpc) is 2.36. The maximum Gasteiger partial charge on any atom is 0.331 e. The van der Waals surface area contributed by atoms with Gasteiger partial charge in [-0.3, -0.25) is 14.2 Å². The molecule has 8 heteroatoms. The molecule has 0 saturated heterocycles. The fourth-order valence-corrected chi connectivity index (χ4v) is 1.38. The Hall–Kier alpha value is -2.56. The lowest BCUT2D eigenvalue weighted by Crippen LogP contribution is -2.44. The number of carbonyl (C=O) groups excluding carboxylic acids is 1. The second-order valence-corrected chi connectivity index (χ2v) is 3.48. The minimum atomic E-state index is -0.711. The van der Waals surface area contributed by atoms with Crippen LogP contribution in [-0.4, -0.2) is 21.6 Å². The van der Waals surface area contributed by atoms with Crippen molar-refractivity contribution in [1.29, 1.82) is 5.26 Å². The van der Waals surface area contributed by atoms with Crippen molar-refractivity contribution in [3.05, 3.63) is 27.0 Å². The number of anilines is 1. The topological polar surface area (TPSA) is 123 Å². The summed E-state index contributed by atoms with van der Waals surface area (Å²) in [4.78, 5) is 34.8. The summed E-state index contributed by atoms with van der Waals surface area (Å²) in [6.45, 7) is 1.41. The zero-order chi connectivity index (χ0) is 13.7. The molecule has 0 aliphatic heterocycles. The van der Waals surface area contributed by atoms with E-state index in [1.165, 1.54) is 10.8 Å². The van der Waals surface area contributed by atoms with Gasteiger partial charge in [-0.25, -0.2) is 9.36 Å². The van der Waals surface area contributed by atoms with Crippen LogP contribution in [0.15, 0.2) is 15.8 Å². The number of hydrogen-bond acceptors (Lipinski definition) is 5. The lowest BCUT2D eigenvalue weighted by molar-refractivity contribution is -0.121. The molecule has 1 aromatic rings. The maximum atomic E-state index is 11.8. The van der Waals surface area contributed by atoms with Crippen LogP contribution >= 0.6 is 0 Å². The number of aryl methyl sites for hydroxylation is 1. The molecule has 1 amide bonds. The van der Waals surface area contributed by atoms with Gasteiger partial charge in [0.05, 0.1) is 6.07 Å². The summed E-state index contributed by atoms with van der Waals surface area (Å²) in [5, 5.41) is 10.5. The van der Waals surface area contributed by atoms with Crippen molar-refractivity contribution in [3.8, 4) is 6.07 Å². The minimum Gasteiger partial charge on any atom is -0.393 e. The summed E-state index contributed by atoms with van der Waals surface area (Å²) < 4.78 is 1.97. The van der Waals surface area contributed by atoms with Crippen molar-refractivity contribution in [2.75, 3.05) is 12.3 Å². The molecule has 1 aromatic heterocycles. The molecule has 0 radical (unpaired) electrons. The molecule has 8 nitrogen and oxygen atoms in total. The molecule has 0 aromatic carbocycles. The molecule has 96 valence electrons. The van der Waals surface area contributed by atoms with Gasteiger partial charge in [0.2, 0.25) is 5.91 Å². The SMILES string of the molecule is CCn1cc(N)c(=O)n(CC(=O)NCC#N)c1=O. The number of nitrogen functional groups attached to an aromatic ring is 1. The first kappa shape index (κ1) is 13.5. The predicted octanol–water partition coefficient (Wildman–Crippen LogP) is -1.75. The van der Waals surface area contributed by atoms with Crippen molar-refractivity contribution in [2.24, 2.45) is 0 Å². The van der Waals surface area contributed by atoms with Gasteiger partial charge >= 0.3 is 5.69 Å². The Balaban J connectivity index is 3.13. The van der Waals surface area contributed by atoms with Gasteiger partial charge in [-0.1, -0.05) is 0 Å². The van der Waals surface area contributed by atoms with Crippen LogP contribution in [0.3, 0.4) is 0 Å². The number of rotatable bonds is 4. The molecule has 0 spiro atoms. The van der Waals surface area contributed by atoms with Crippen molar-refractivity contribution in [1.82, 2.24) is 14.5 Å². The summed E-state index contributed by atoms with van der Waals surface area (Å²) >= 11 is 0. The zero-order valence-corrected chi connectivity index (χ0v) is 9.84. The highest BCUT2D eigenvalue weighted by Crippen LogP contribution is 1.89. The fourth-order valence-electron chi connectivity index (χ4n) is 1.38. The van der Waals surface area contributed by atoms with E-state index in [1.807, 2.05) is 0 Å². The summed E-state index contributed by atoms with van der Waals surface area (Å²) in [6.07, 6.45) is 1.24. The number of aromatic nitrogens is 2. The molecule has 0 bridgehead atoms. The second-order valence-electron chi connectivity index (χ2n) is 3.48. The summed E-state index contributed by atoms with van der Waals surface area (Å²) in [5.41, 5.74) is 4.04. The summed E-state index contributed by atoms with van der Waals surface area (Å²) in [5.74, 6) is -0.594. The summed E-state index contributed by atoms with van der Waals surface area (Å²) in [7, 11) is 0. The molecule has 0 atom stereocenters. The van der Waals surface area contributed by atoms with E-state index in [1.54, 1.807) is 13.0 Å². The van der Waals surface area contributed by atoms with E-state index in [9.17, 15) is 14.4 Å². The number of hydrogen-bond donors (Lipinski definition) is 2. The Morgan fingerprint density at radius 1 is 1.56 bits per heavy atom. The van der Waals surface area contributed by atoms with Crippen LogP contribution < -0.4 is 22.3 Å². The van der Waals surface area contributed by atoms with Gasteiger partial charge in [-0.2, -0.15) is 5.26 Å². The number of nitriles is 1. The molecule has 3 N–H and O–H groups in total. The Kier molecular flexibility index (Phi) is 4.26. The van der Waals surface area contributed by atoms with Gasteiger partial charge < -0.3 is 11.1 Å². The third-order valence-electron chi connectivity index (χ3n) is 2.27. The molecule has 0 saturated carbocycles. The normalized spacial score (nSPS) is 9.78. The van der Waals surface area contributed by atoms with Crippen LogP contribution in [0.5, 0.6) is 0 Å². The molecular formula is C10H13N5O3. The predicted molar refractivity (Wildman–Crippen MR) is 63.7 cm³/mol. The first-order valence-corrected chi connectivity index (χ1v) is 5.24. The Labute approximate surface area is 102 Å². The number of amides is 1. The van der Waals surface area contributed by atoms with Crippen molar-refractivity contribution < 1.29 is 4.79 Å². The van der Waals surface area contributed by atoms with Crippen LogP contribution in [0, 0.1) is 11.3 Å².